The van der Waals surface area contributed by atoms with Crippen molar-refractivity contribution in [3.63, 3.8) is 0 Å². The largest absolute Gasteiger partial charge is 0.352 e. The molecule has 1 aromatic heterocycles. The zero-order valence-electron chi connectivity index (χ0n) is 14.9. The maximum Gasteiger partial charge on any atom is 0.220 e. The van der Waals surface area contributed by atoms with Crippen LogP contribution in [0.2, 0.25) is 0 Å². The number of nitrogens with one attached hydrogen (secondary N) is 1. The summed E-state index contributed by atoms with van der Waals surface area (Å²) in [7, 11) is 2.16. The monoisotopic (exact) mass is 318 g/mol. The Hall–Kier alpha value is -1.46. The Morgan fingerprint density at radius 1 is 1.30 bits per heavy atom. The fourth-order valence-corrected chi connectivity index (χ4v) is 2.98. The topological polar surface area (TPSA) is 48.5 Å². The molecule has 23 heavy (non-hydrogen) atoms. The van der Waals surface area contributed by atoms with Crippen LogP contribution in [0.3, 0.4) is 0 Å². The van der Waals surface area contributed by atoms with E-state index in [4.69, 9.17) is 0 Å². The van der Waals surface area contributed by atoms with Crippen LogP contribution >= 0.6 is 0 Å². The van der Waals surface area contributed by atoms with E-state index < -0.39 is 0 Å². The fraction of sp³-hybridized carbons (Fsp3) is 0.667. The van der Waals surface area contributed by atoms with E-state index in [-0.39, 0.29) is 5.91 Å². The Morgan fingerprint density at radius 2 is 2.00 bits per heavy atom. The van der Waals surface area contributed by atoms with Crippen LogP contribution < -0.4 is 5.32 Å². The molecule has 2 heterocycles. The highest BCUT2D eigenvalue weighted by molar-refractivity contribution is 5.75. The van der Waals surface area contributed by atoms with Gasteiger partial charge in [0.25, 0.3) is 0 Å². The predicted octanol–water partition coefficient (Wildman–Crippen LogP) is 1.73. The summed E-state index contributed by atoms with van der Waals surface area (Å²) in [5.41, 5.74) is 3.29. The van der Waals surface area contributed by atoms with Crippen molar-refractivity contribution in [1.29, 1.82) is 0 Å². The molecule has 1 atom stereocenters. The number of likely N-dealkylation sites (N-methyl/N-ethyl adjacent to an activating group) is 1. The quantitative estimate of drug-likeness (QED) is 0.868. The number of pyridine rings is 1. The van der Waals surface area contributed by atoms with Crippen LogP contribution in [-0.2, 0) is 11.3 Å². The molecule has 0 aromatic carbocycles. The van der Waals surface area contributed by atoms with Gasteiger partial charge in [0, 0.05) is 57.1 Å². The second-order valence-corrected chi connectivity index (χ2v) is 6.76. The number of aryl methyl sites for hydroxylation is 2. The van der Waals surface area contributed by atoms with Crippen molar-refractivity contribution in [3.05, 3.63) is 29.1 Å². The van der Waals surface area contributed by atoms with Crippen molar-refractivity contribution in [2.75, 3.05) is 33.2 Å². The molecular formula is C18H30N4O. The maximum atomic E-state index is 12.1. The number of hydrogen-bond donors (Lipinski definition) is 1. The summed E-state index contributed by atoms with van der Waals surface area (Å²) in [5.74, 6) is 0.131. The second kappa shape index (κ2) is 8.41. The highest BCUT2D eigenvalue weighted by Gasteiger charge is 2.19. The van der Waals surface area contributed by atoms with E-state index in [0.29, 0.717) is 19.0 Å². The normalized spacial score (nSPS) is 17.9. The average Bonchev–Trinajstić information content (AvgIpc) is 2.52. The molecule has 0 spiro atoms. The molecule has 1 unspecified atom stereocenters. The first-order valence-electron chi connectivity index (χ1n) is 8.57. The van der Waals surface area contributed by atoms with Gasteiger partial charge in [0.15, 0.2) is 0 Å². The minimum absolute atomic E-state index is 0.131. The zero-order valence-corrected chi connectivity index (χ0v) is 14.9. The van der Waals surface area contributed by atoms with Crippen LogP contribution in [0.15, 0.2) is 12.3 Å². The van der Waals surface area contributed by atoms with Gasteiger partial charge in [-0.3, -0.25) is 14.7 Å². The van der Waals surface area contributed by atoms with Gasteiger partial charge in [0.05, 0.1) is 0 Å². The highest BCUT2D eigenvalue weighted by atomic mass is 16.1. The van der Waals surface area contributed by atoms with E-state index >= 15 is 0 Å². The Kier molecular flexibility index (Phi) is 6.54. The lowest BCUT2D eigenvalue weighted by atomic mass is 10.1. The number of rotatable bonds is 6. The minimum atomic E-state index is 0.131. The smallest absolute Gasteiger partial charge is 0.220 e. The molecule has 1 saturated heterocycles. The number of aromatic nitrogens is 1. The van der Waals surface area contributed by atoms with Crippen LogP contribution in [0.4, 0.5) is 0 Å². The van der Waals surface area contributed by atoms with Crippen LogP contribution in [0, 0.1) is 13.8 Å². The van der Waals surface area contributed by atoms with E-state index in [0.717, 1.165) is 43.9 Å². The van der Waals surface area contributed by atoms with Crippen molar-refractivity contribution in [1.82, 2.24) is 20.1 Å². The molecule has 2 rings (SSSR count). The summed E-state index contributed by atoms with van der Waals surface area (Å²) in [6.07, 6.45) is 3.37. The molecule has 5 heteroatoms. The predicted molar refractivity (Wildman–Crippen MR) is 93.3 cm³/mol. The first-order chi connectivity index (χ1) is 11.0. The molecule has 1 amide bonds. The van der Waals surface area contributed by atoms with Gasteiger partial charge in [-0.2, -0.15) is 0 Å². The average molecular weight is 318 g/mol. The summed E-state index contributed by atoms with van der Waals surface area (Å²) in [6, 6.07) is 2.52. The summed E-state index contributed by atoms with van der Waals surface area (Å²) in [4.78, 5) is 21.2. The highest BCUT2D eigenvalue weighted by Crippen LogP contribution is 2.11. The number of carbonyl (C=O) groups excluding carboxylic acids is 1. The minimum Gasteiger partial charge on any atom is -0.352 e. The Bertz CT molecular complexity index is 524. The lowest BCUT2D eigenvalue weighted by molar-refractivity contribution is -0.121. The van der Waals surface area contributed by atoms with Gasteiger partial charge in [-0.25, -0.2) is 0 Å². The molecule has 1 aliphatic heterocycles. The van der Waals surface area contributed by atoms with E-state index in [1.807, 2.05) is 13.1 Å². The Labute approximate surface area is 140 Å². The van der Waals surface area contributed by atoms with Gasteiger partial charge >= 0.3 is 0 Å². The molecule has 1 fully saturated rings. The SMILES string of the molecule is Cc1cc(C)c(CNC(=O)CCC(C)N2CCN(C)CC2)cn1. The van der Waals surface area contributed by atoms with E-state index in [1.165, 1.54) is 5.56 Å². The molecule has 0 saturated carbocycles. The van der Waals surface area contributed by atoms with E-state index in [2.05, 4.69) is 47.1 Å². The summed E-state index contributed by atoms with van der Waals surface area (Å²) in [6.45, 7) is 11.3. The Morgan fingerprint density at radius 3 is 2.65 bits per heavy atom. The van der Waals surface area contributed by atoms with Crippen LogP contribution in [0.25, 0.3) is 0 Å². The zero-order chi connectivity index (χ0) is 16.8. The lowest BCUT2D eigenvalue weighted by Crippen LogP contribution is -2.48. The first-order valence-corrected chi connectivity index (χ1v) is 8.57. The molecule has 0 radical (unpaired) electrons. The molecule has 1 aromatic rings. The standard InChI is InChI=1S/C18H30N4O/c1-14-11-15(2)19-12-17(14)13-20-18(23)6-5-16(3)22-9-7-21(4)8-10-22/h11-12,16H,5-10,13H2,1-4H3,(H,20,23). The van der Waals surface area contributed by atoms with Crippen molar-refractivity contribution < 1.29 is 4.79 Å². The van der Waals surface area contributed by atoms with Gasteiger partial charge in [-0.15, -0.1) is 0 Å². The number of amides is 1. The van der Waals surface area contributed by atoms with Crippen molar-refractivity contribution in [3.8, 4) is 0 Å². The van der Waals surface area contributed by atoms with Crippen LogP contribution in [0.5, 0.6) is 0 Å². The third-order valence-electron chi connectivity index (χ3n) is 4.78. The number of nitrogens with zero attached hydrogens (tertiary/aromatic N) is 3. The van der Waals surface area contributed by atoms with Gasteiger partial charge in [0.1, 0.15) is 0 Å². The summed E-state index contributed by atoms with van der Waals surface area (Å²) < 4.78 is 0. The second-order valence-electron chi connectivity index (χ2n) is 6.76. The number of hydrogen-bond acceptors (Lipinski definition) is 4. The number of piperazine rings is 1. The molecular weight excluding hydrogens is 288 g/mol. The molecule has 0 bridgehead atoms. The Balaban J connectivity index is 1.70. The third kappa shape index (κ3) is 5.59. The van der Waals surface area contributed by atoms with Gasteiger partial charge in [-0.05, 0) is 51.4 Å². The van der Waals surface area contributed by atoms with E-state index in [9.17, 15) is 4.79 Å². The third-order valence-corrected chi connectivity index (χ3v) is 4.78. The van der Waals surface area contributed by atoms with Crippen molar-refractivity contribution in [2.24, 2.45) is 0 Å². The maximum absolute atomic E-state index is 12.1. The molecule has 0 aliphatic carbocycles. The lowest BCUT2D eigenvalue weighted by Gasteiger charge is -2.36. The van der Waals surface area contributed by atoms with Gasteiger partial charge in [-0.1, -0.05) is 0 Å². The van der Waals surface area contributed by atoms with Gasteiger partial charge in [0.2, 0.25) is 5.91 Å². The molecule has 1 aliphatic rings. The van der Waals surface area contributed by atoms with Gasteiger partial charge < -0.3 is 10.2 Å². The van der Waals surface area contributed by atoms with Crippen molar-refractivity contribution in [2.45, 2.75) is 46.2 Å². The molecule has 5 nitrogen and oxygen atoms in total. The van der Waals surface area contributed by atoms with E-state index in [1.54, 1.807) is 0 Å². The first kappa shape index (κ1) is 17.9. The molecule has 1 N–H and O–H groups in total. The van der Waals surface area contributed by atoms with Crippen molar-refractivity contribution >= 4 is 5.91 Å². The fourth-order valence-electron chi connectivity index (χ4n) is 2.98. The summed E-state index contributed by atoms with van der Waals surface area (Å²) in [5, 5.41) is 3.02. The number of carbonyl (C=O) groups is 1. The summed E-state index contributed by atoms with van der Waals surface area (Å²) >= 11 is 0. The molecule has 128 valence electrons. The van der Waals surface area contributed by atoms with Crippen LogP contribution in [-0.4, -0.2) is 60.0 Å². The van der Waals surface area contributed by atoms with Crippen LogP contribution in [0.1, 0.15) is 36.6 Å².